The second-order valence-corrected chi connectivity index (χ2v) is 8.21. The van der Waals surface area contributed by atoms with Gasteiger partial charge in [0.1, 0.15) is 5.82 Å². The second-order valence-electron chi connectivity index (χ2n) is 8.21. The van der Waals surface area contributed by atoms with Crippen molar-refractivity contribution in [1.29, 1.82) is 0 Å². The fraction of sp³-hybridized carbons (Fsp3) is 0.476. The number of benzene rings is 1. The van der Waals surface area contributed by atoms with Crippen molar-refractivity contribution in [2.45, 2.75) is 53.5 Å². The molecule has 0 saturated carbocycles. The SMILES string of the molecule is Cc1nnnn1-c1ccc(F)c(NC(=O)CNc2cnn(CCC(C)C)c2C(C)C)c1. The van der Waals surface area contributed by atoms with E-state index in [0.29, 0.717) is 17.4 Å². The van der Waals surface area contributed by atoms with Crippen LogP contribution in [-0.2, 0) is 11.3 Å². The lowest BCUT2D eigenvalue weighted by Crippen LogP contribution is -2.23. The molecule has 1 amide bonds. The van der Waals surface area contributed by atoms with Crippen LogP contribution in [0.25, 0.3) is 5.69 Å². The normalized spacial score (nSPS) is 11.4. The van der Waals surface area contributed by atoms with Crippen molar-refractivity contribution in [3.8, 4) is 5.69 Å². The summed E-state index contributed by atoms with van der Waals surface area (Å²) in [5.41, 5.74) is 2.49. The van der Waals surface area contributed by atoms with E-state index in [1.807, 2.05) is 4.68 Å². The van der Waals surface area contributed by atoms with E-state index in [1.165, 1.54) is 16.8 Å². The van der Waals surface area contributed by atoms with Gasteiger partial charge >= 0.3 is 0 Å². The molecule has 1 aromatic carbocycles. The number of amides is 1. The predicted octanol–water partition coefficient (Wildman–Crippen LogP) is 3.53. The molecule has 0 aliphatic rings. The summed E-state index contributed by atoms with van der Waals surface area (Å²) in [4.78, 5) is 12.5. The lowest BCUT2D eigenvalue weighted by Gasteiger charge is -2.15. The lowest BCUT2D eigenvalue weighted by molar-refractivity contribution is -0.114. The third-order valence-electron chi connectivity index (χ3n) is 4.88. The summed E-state index contributed by atoms with van der Waals surface area (Å²) in [7, 11) is 0. The van der Waals surface area contributed by atoms with Crippen LogP contribution in [0, 0.1) is 18.7 Å². The van der Waals surface area contributed by atoms with Gasteiger partial charge in [-0.1, -0.05) is 27.7 Å². The lowest BCUT2D eigenvalue weighted by atomic mass is 10.1. The Bertz CT molecular complexity index is 1040. The van der Waals surface area contributed by atoms with Crippen molar-refractivity contribution in [3.05, 3.63) is 41.7 Å². The van der Waals surface area contributed by atoms with Gasteiger partial charge < -0.3 is 10.6 Å². The molecule has 0 spiro atoms. The van der Waals surface area contributed by atoms with Crippen LogP contribution in [0.4, 0.5) is 15.8 Å². The van der Waals surface area contributed by atoms with Gasteiger partial charge in [-0.15, -0.1) is 5.10 Å². The molecule has 10 heteroatoms. The topological polar surface area (TPSA) is 103 Å². The van der Waals surface area contributed by atoms with Gasteiger partial charge in [0.15, 0.2) is 5.82 Å². The van der Waals surface area contributed by atoms with Crippen LogP contribution in [0.15, 0.2) is 24.4 Å². The molecule has 2 aromatic heterocycles. The van der Waals surface area contributed by atoms with Crippen LogP contribution in [0.1, 0.15) is 51.6 Å². The highest BCUT2D eigenvalue weighted by Crippen LogP contribution is 2.25. The summed E-state index contributed by atoms with van der Waals surface area (Å²) in [6.07, 6.45) is 2.77. The maximum atomic E-state index is 14.2. The molecule has 0 radical (unpaired) electrons. The Morgan fingerprint density at radius 2 is 1.97 bits per heavy atom. The number of carbonyl (C=O) groups excluding carboxylic acids is 1. The highest BCUT2D eigenvalue weighted by molar-refractivity contribution is 5.94. The fourth-order valence-electron chi connectivity index (χ4n) is 3.28. The number of anilines is 2. The molecular formula is C21H29FN8O. The molecule has 2 heterocycles. The molecular weight excluding hydrogens is 399 g/mol. The molecule has 31 heavy (non-hydrogen) atoms. The molecule has 166 valence electrons. The number of aromatic nitrogens is 6. The standard InChI is InChI=1S/C21H29FN8O/c1-13(2)8-9-29-21(14(3)4)19(11-24-29)23-12-20(31)25-18-10-16(6-7-17(18)22)30-15(5)26-27-28-30/h6-7,10-11,13-14,23H,8-9,12H2,1-5H3,(H,25,31). The maximum absolute atomic E-state index is 14.2. The van der Waals surface area contributed by atoms with Gasteiger partial charge in [0.2, 0.25) is 5.91 Å². The summed E-state index contributed by atoms with van der Waals surface area (Å²) in [5, 5.41) is 21.5. The van der Waals surface area contributed by atoms with Crippen LogP contribution in [0.5, 0.6) is 0 Å². The van der Waals surface area contributed by atoms with Gasteiger partial charge in [-0.25, -0.2) is 4.39 Å². The van der Waals surface area contributed by atoms with E-state index in [1.54, 1.807) is 19.2 Å². The average molecular weight is 429 g/mol. The highest BCUT2D eigenvalue weighted by atomic mass is 19.1. The average Bonchev–Trinajstić information content (AvgIpc) is 3.32. The Morgan fingerprint density at radius 3 is 2.61 bits per heavy atom. The third-order valence-corrected chi connectivity index (χ3v) is 4.88. The number of rotatable bonds is 9. The van der Waals surface area contributed by atoms with Crippen LogP contribution in [0.3, 0.4) is 0 Å². The largest absolute Gasteiger partial charge is 0.373 e. The Hall–Kier alpha value is -3.30. The first-order valence-corrected chi connectivity index (χ1v) is 10.4. The number of carbonyl (C=O) groups is 1. The molecule has 3 rings (SSSR count). The number of tetrazole rings is 1. The third kappa shape index (κ3) is 5.44. The molecule has 0 aliphatic carbocycles. The van der Waals surface area contributed by atoms with Gasteiger partial charge in [-0.05, 0) is 53.8 Å². The second kappa shape index (κ2) is 9.67. The summed E-state index contributed by atoms with van der Waals surface area (Å²) in [5.74, 6) is 0.477. The summed E-state index contributed by atoms with van der Waals surface area (Å²) in [6.45, 7) is 11.1. The van der Waals surface area contributed by atoms with Crippen LogP contribution >= 0.6 is 0 Å². The van der Waals surface area contributed by atoms with E-state index < -0.39 is 5.82 Å². The Labute approximate surface area is 181 Å². The smallest absolute Gasteiger partial charge is 0.243 e. The van der Waals surface area contributed by atoms with Crippen LogP contribution < -0.4 is 10.6 Å². The van der Waals surface area contributed by atoms with Crippen molar-refractivity contribution < 1.29 is 9.18 Å². The number of nitrogens with zero attached hydrogens (tertiary/aromatic N) is 6. The monoisotopic (exact) mass is 428 g/mol. The van der Waals surface area contributed by atoms with Crippen LogP contribution in [-0.4, -0.2) is 42.4 Å². The van der Waals surface area contributed by atoms with Gasteiger partial charge in [0.05, 0.1) is 35.5 Å². The molecule has 9 nitrogen and oxygen atoms in total. The van der Waals surface area contributed by atoms with Gasteiger partial charge in [-0.3, -0.25) is 9.48 Å². The van der Waals surface area contributed by atoms with E-state index in [-0.39, 0.29) is 24.1 Å². The van der Waals surface area contributed by atoms with Crippen molar-refractivity contribution in [1.82, 2.24) is 30.0 Å². The molecule has 0 saturated heterocycles. The Balaban J connectivity index is 1.68. The zero-order chi connectivity index (χ0) is 22.5. The molecule has 0 fully saturated rings. The first-order valence-electron chi connectivity index (χ1n) is 10.4. The zero-order valence-corrected chi connectivity index (χ0v) is 18.6. The zero-order valence-electron chi connectivity index (χ0n) is 18.6. The molecule has 0 aliphatic heterocycles. The van der Waals surface area contributed by atoms with Crippen molar-refractivity contribution in [3.63, 3.8) is 0 Å². The Kier molecular flexibility index (Phi) is 6.98. The number of hydrogen-bond donors (Lipinski definition) is 2. The fourth-order valence-corrected chi connectivity index (χ4v) is 3.28. The first-order chi connectivity index (χ1) is 14.8. The predicted molar refractivity (Wildman–Crippen MR) is 117 cm³/mol. The van der Waals surface area contributed by atoms with Crippen molar-refractivity contribution in [2.75, 3.05) is 17.2 Å². The summed E-state index contributed by atoms with van der Waals surface area (Å²) >= 11 is 0. The van der Waals surface area contributed by atoms with E-state index in [9.17, 15) is 9.18 Å². The number of nitrogens with one attached hydrogen (secondary N) is 2. The van der Waals surface area contributed by atoms with Gasteiger partial charge in [-0.2, -0.15) is 9.78 Å². The van der Waals surface area contributed by atoms with Crippen molar-refractivity contribution >= 4 is 17.3 Å². The molecule has 0 bridgehead atoms. The van der Waals surface area contributed by atoms with E-state index >= 15 is 0 Å². The number of halogens is 1. The molecule has 3 aromatic rings. The molecule has 0 unspecified atom stereocenters. The Morgan fingerprint density at radius 1 is 1.19 bits per heavy atom. The summed E-state index contributed by atoms with van der Waals surface area (Å²) in [6, 6.07) is 4.32. The quantitative estimate of drug-likeness (QED) is 0.541. The number of hydrogen-bond acceptors (Lipinski definition) is 6. The minimum Gasteiger partial charge on any atom is -0.373 e. The maximum Gasteiger partial charge on any atom is 0.243 e. The minimum absolute atomic E-state index is 0.0107. The molecule has 0 atom stereocenters. The van der Waals surface area contributed by atoms with Crippen LogP contribution in [0.2, 0.25) is 0 Å². The minimum atomic E-state index is -0.535. The van der Waals surface area contributed by atoms with Crippen molar-refractivity contribution in [2.24, 2.45) is 5.92 Å². The summed E-state index contributed by atoms with van der Waals surface area (Å²) < 4.78 is 17.7. The first kappa shape index (κ1) is 22.4. The highest BCUT2D eigenvalue weighted by Gasteiger charge is 2.16. The van der Waals surface area contributed by atoms with E-state index in [4.69, 9.17) is 0 Å². The van der Waals surface area contributed by atoms with E-state index in [2.05, 4.69) is 59.0 Å². The number of aryl methyl sites for hydroxylation is 2. The van der Waals surface area contributed by atoms with E-state index in [0.717, 1.165) is 24.3 Å². The van der Waals surface area contributed by atoms with Gasteiger partial charge in [0.25, 0.3) is 0 Å². The molecule has 2 N–H and O–H groups in total. The van der Waals surface area contributed by atoms with Gasteiger partial charge in [0, 0.05) is 6.54 Å².